The van der Waals surface area contributed by atoms with E-state index in [1.165, 1.54) is 11.2 Å². The van der Waals surface area contributed by atoms with Gasteiger partial charge in [0.15, 0.2) is 12.1 Å². The van der Waals surface area contributed by atoms with Crippen LogP contribution in [-0.2, 0) is 33.5 Å². The van der Waals surface area contributed by atoms with E-state index in [2.05, 4.69) is 56.9 Å². The normalized spacial score (nSPS) is 26.2. The molecule has 3 aliphatic rings. The zero-order valence-corrected chi connectivity index (χ0v) is 32.2. The predicted octanol–water partition coefficient (Wildman–Crippen LogP) is 3.79. The monoisotopic (exact) mass is 746 g/mol. The molecule has 0 unspecified atom stereocenters. The van der Waals surface area contributed by atoms with Crippen molar-refractivity contribution >= 4 is 40.4 Å². The number of carbonyl (C=O) groups excluding carboxylic acids is 2. The summed E-state index contributed by atoms with van der Waals surface area (Å²) >= 11 is 0. The van der Waals surface area contributed by atoms with E-state index >= 15 is 0 Å². The lowest BCUT2D eigenvalue weighted by atomic mass is 9.53. The maximum absolute atomic E-state index is 14.4. The largest absolute Gasteiger partial charge is 0.407 e. The van der Waals surface area contributed by atoms with Gasteiger partial charge in [-0.15, -0.1) is 0 Å². The Bertz CT molecular complexity index is 1830. The summed E-state index contributed by atoms with van der Waals surface area (Å²) in [7, 11) is -7.30. The Balaban J connectivity index is 1.55. The highest BCUT2D eigenvalue weighted by Crippen LogP contribution is 2.54. The summed E-state index contributed by atoms with van der Waals surface area (Å²) in [6.45, 7) is 12.7. The van der Waals surface area contributed by atoms with Crippen molar-refractivity contribution in [1.82, 2.24) is 9.62 Å². The Kier molecular flexibility index (Phi) is 10.8. The number of ether oxygens (including phenoxy) is 2. The number of sulfonamides is 1. The molecule has 2 saturated heterocycles. The van der Waals surface area contributed by atoms with Crippen LogP contribution in [0.4, 0.5) is 0 Å². The van der Waals surface area contributed by atoms with Crippen molar-refractivity contribution in [3.05, 3.63) is 103 Å². The summed E-state index contributed by atoms with van der Waals surface area (Å²) in [5.41, 5.74) is -3.29. The Morgan fingerprint density at radius 2 is 1.52 bits per heavy atom. The molecule has 10 nitrogen and oxygen atoms in total. The molecular formula is C40H50N2O8SSi. The van der Waals surface area contributed by atoms with Gasteiger partial charge in [0.25, 0.3) is 8.32 Å². The van der Waals surface area contributed by atoms with Gasteiger partial charge < -0.3 is 24.3 Å². The van der Waals surface area contributed by atoms with Gasteiger partial charge in [0.2, 0.25) is 15.9 Å². The molecule has 12 heteroatoms. The summed E-state index contributed by atoms with van der Waals surface area (Å²) in [5.74, 6) is -1.66. The molecular weight excluding hydrogens is 697 g/mol. The highest BCUT2D eigenvalue weighted by molar-refractivity contribution is 7.89. The zero-order valence-electron chi connectivity index (χ0n) is 30.4. The number of hydrogen-bond acceptors (Lipinski definition) is 8. The van der Waals surface area contributed by atoms with Gasteiger partial charge in [-0.25, -0.2) is 8.42 Å². The van der Waals surface area contributed by atoms with E-state index in [9.17, 15) is 23.1 Å². The van der Waals surface area contributed by atoms with Crippen molar-refractivity contribution < 1.29 is 37.0 Å². The summed E-state index contributed by atoms with van der Waals surface area (Å²) < 4.78 is 49.0. The molecule has 6 rings (SSSR count). The summed E-state index contributed by atoms with van der Waals surface area (Å²) in [5, 5.41) is 17.3. The van der Waals surface area contributed by atoms with Gasteiger partial charge in [0.05, 0.1) is 24.2 Å². The average molecular weight is 747 g/mol. The summed E-state index contributed by atoms with van der Waals surface area (Å²) in [6, 6.07) is 27.1. The first kappa shape index (κ1) is 38.2. The second-order valence-corrected chi connectivity index (χ2v) is 21.5. The molecule has 2 heterocycles. The smallest absolute Gasteiger partial charge is 0.261 e. The average Bonchev–Trinajstić information content (AvgIpc) is 3.67. The molecule has 0 spiro atoms. The molecule has 0 aromatic heterocycles. The lowest BCUT2D eigenvalue weighted by molar-refractivity contribution is -0.166. The first-order chi connectivity index (χ1) is 24.7. The van der Waals surface area contributed by atoms with Gasteiger partial charge >= 0.3 is 0 Å². The van der Waals surface area contributed by atoms with E-state index < -0.39 is 64.3 Å². The van der Waals surface area contributed by atoms with Gasteiger partial charge in [-0.2, -0.15) is 4.31 Å². The molecule has 2 N–H and O–H groups in total. The second kappa shape index (κ2) is 14.7. The minimum absolute atomic E-state index is 0.0816. The van der Waals surface area contributed by atoms with Crippen LogP contribution < -0.4 is 15.7 Å². The molecule has 278 valence electrons. The van der Waals surface area contributed by atoms with Gasteiger partial charge in [-0.3, -0.25) is 9.59 Å². The number of Topliss-reactive ketones (excluding diaryl/α,β-unsaturated/α-hetero) is 1. The predicted molar refractivity (Wildman–Crippen MR) is 201 cm³/mol. The highest BCUT2D eigenvalue weighted by Gasteiger charge is 2.66. The first-order valence-electron chi connectivity index (χ1n) is 17.9. The van der Waals surface area contributed by atoms with E-state index in [0.29, 0.717) is 13.2 Å². The van der Waals surface area contributed by atoms with Crippen LogP contribution in [0.25, 0.3) is 0 Å². The second-order valence-electron chi connectivity index (χ2n) is 15.3. The number of ketones is 1. The van der Waals surface area contributed by atoms with Gasteiger partial charge in [0.1, 0.15) is 5.60 Å². The summed E-state index contributed by atoms with van der Waals surface area (Å²) in [4.78, 5) is 27.7. The first-order valence-corrected chi connectivity index (χ1v) is 21.3. The maximum Gasteiger partial charge on any atom is 0.261 e. The fourth-order valence-electron chi connectivity index (χ4n) is 8.75. The molecule has 2 aliphatic heterocycles. The Hall–Kier alpha value is -3.49. The van der Waals surface area contributed by atoms with Crippen LogP contribution in [0.3, 0.4) is 0 Å². The third-order valence-electron chi connectivity index (χ3n) is 11.1. The van der Waals surface area contributed by atoms with Crippen molar-refractivity contribution in [1.29, 1.82) is 0 Å². The Morgan fingerprint density at radius 3 is 2.04 bits per heavy atom. The number of nitrogens with zero attached hydrogens (tertiary/aromatic N) is 1. The fraction of sp³-hybridized carbons (Fsp3) is 0.450. The number of hydrogen-bond donors (Lipinski definition) is 2. The summed E-state index contributed by atoms with van der Waals surface area (Å²) in [6.07, 6.45) is -0.332. The van der Waals surface area contributed by atoms with E-state index in [1.54, 1.807) is 30.3 Å². The molecule has 3 fully saturated rings. The fourth-order valence-corrected chi connectivity index (χ4v) is 14.9. The molecule has 0 bridgehead atoms. The number of rotatable bonds is 11. The SMILES string of the molecule is C=C1C(=O)[C@@](O)(CCC2OCCO2)[C@H](NC(C)=O)[C@@]2(CO[Si](c3ccccc3)(c3ccccc3)C(C)(C)C)CN(S(=O)(=O)c3ccccc3)CC[C@@H]12. The van der Waals surface area contributed by atoms with E-state index in [4.69, 9.17) is 13.9 Å². The molecule has 3 aromatic rings. The van der Waals surface area contributed by atoms with Crippen LogP contribution in [-0.4, -0.2) is 88.7 Å². The third-order valence-corrected chi connectivity index (χ3v) is 18.0. The van der Waals surface area contributed by atoms with Crippen molar-refractivity contribution in [2.24, 2.45) is 11.3 Å². The number of piperidine rings is 1. The van der Waals surface area contributed by atoms with Crippen LogP contribution in [0, 0.1) is 11.3 Å². The topological polar surface area (TPSA) is 131 Å². The molecule has 4 atom stereocenters. The van der Waals surface area contributed by atoms with Gasteiger partial charge in [-0.05, 0) is 51.9 Å². The minimum atomic E-state index is -4.04. The number of nitrogens with one attached hydrogen (secondary N) is 1. The van der Waals surface area contributed by atoms with Crippen LogP contribution in [0.1, 0.15) is 47.0 Å². The number of benzene rings is 3. The van der Waals surface area contributed by atoms with Gasteiger partial charge in [0, 0.05) is 38.5 Å². The number of aliphatic hydroxyl groups is 1. The van der Waals surface area contributed by atoms with Crippen molar-refractivity contribution in [2.75, 3.05) is 32.9 Å². The maximum atomic E-state index is 14.4. The number of amides is 1. The third kappa shape index (κ3) is 6.74. The van der Waals surface area contributed by atoms with Crippen molar-refractivity contribution in [3.8, 4) is 0 Å². The standard InChI is InChI=1S/C40H50N2O8SSi/c1-29-34-22-24-42(51(46,47)31-15-9-6-10-16-31)27-39(34,37(41-30(2)43)40(45,36(29)44)23-21-35-48-25-26-49-35)28-50-52(38(3,4)5,32-17-11-7-12-18-32)33-19-13-8-14-20-33/h6-20,34-35,37,45H,1,21-28H2,2-5H3,(H,41,43)/t34-,37+,39+,40-/m0/s1. The molecule has 3 aromatic carbocycles. The van der Waals surface area contributed by atoms with Crippen LogP contribution >= 0.6 is 0 Å². The quantitative estimate of drug-likeness (QED) is 0.224. The van der Waals surface area contributed by atoms with E-state index in [0.717, 1.165) is 10.4 Å². The molecule has 1 aliphatic carbocycles. The van der Waals surface area contributed by atoms with Crippen LogP contribution in [0.5, 0.6) is 0 Å². The van der Waals surface area contributed by atoms with Crippen molar-refractivity contribution in [2.45, 2.75) is 74.8 Å². The zero-order chi connectivity index (χ0) is 37.4. The Labute approximate surface area is 308 Å². The van der Waals surface area contributed by atoms with Crippen molar-refractivity contribution in [3.63, 3.8) is 0 Å². The number of fused-ring (bicyclic) bond motifs is 1. The van der Waals surface area contributed by atoms with Gasteiger partial charge in [-0.1, -0.05) is 106 Å². The van der Waals surface area contributed by atoms with E-state index in [1.807, 2.05) is 36.4 Å². The van der Waals surface area contributed by atoms with E-state index in [-0.39, 0.29) is 49.4 Å². The van der Waals surface area contributed by atoms with Crippen LogP contribution in [0.2, 0.25) is 5.04 Å². The van der Waals surface area contributed by atoms with Crippen LogP contribution in [0.15, 0.2) is 108 Å². The molecule has 1 saturated carbocycles. The minimum Gasteiger partial charge on any atom is -0.407 e. The molecule has 1 amide bonds. The molecule has 0 radical (unpaired) electrons. The lowest BCUT2D eigenvalue weighted by Gasteiger charge is -2.60. The highest BCUT2D eigenvalue weighted by atomic mass is 32.2. The number of carbonyl (C=O) groups is 2. The Morgan fingerprint density at radius 1 is 0.981 bits per heavy atom. The lowest BCUT2D eigenvalue weighted by Crippen LogP contribution is -2.76. The molecule has 52 heavy (non-hydrogen) atoms.